The molecule has 1 unspecified atom stereocenters. The van der Waals surface area contributed by atoms with Gasteiger partial charge in [-0.05, 0) is 25.5 Å². The van der Waals surface area contributed by atoms with Gasteiger partial charge in [0, 0.05) is 17.5 Å². The van der Waals surface area contributed by atoms with Crippen molar-refractivity contribution in [2.24, 2.45) is 0 Å². The minimum absolute atomic E-state index is 0.624. The number of hydrogen-bond acceptors (Lipinski definition) is 2. The predicted molar refractivity (Wildman–Crippen MR) is 70.4 cm³/mol. The molecule has 1 nitrogen and oxygen atoms in total. The van der Waals surface area contributed by atoms with Crippen molar-refractivity contribution in [2.75, 3.05) is 12.3 Å². The highest BCUT2D eigenvalue weighted by Crippen LogP contribution is 2.12. The third-order valence-electron chi connectivity index (χ3n) is 2.22. The van der Waals surface area contributed by atoms with Gasteiger partial charge in [0.25, 0.3) is 0 Å². The Morgan fingerprint density at radius 1 is 1.27 bits per heavy atom. The number of nitrogens with one attached hydrogen (secondary N) is 1. The zero-order chi connectivity index (χ0) is 10.9. The molecule has 0 fully saturated rings. The second-order valence-electron chi connectivity index (χ2n) is 3.86. The lowest BCUT2D eigenvalue weighted by Gasteiger charge is -2.12. The van der Waals surface area contributed by atoms with E-state index >= 15 is 0 Å². The molecule has 84 valence electrons. The number of thioether (sulfide) groups is 1. The molecule has 0 bridgehead atoms. The van der Waals surface area contributed by atoms with Crippen molar-refractivity contribution in [3.63, 3.8) is 0 Å². The van der Waals surface area contributed by atoms with E-state index in [9.17, 15) is 0 Å². The van der Waals surface area contributed by atoms with Gasteiger partial charge in [-0.3, -0.25) is 0 Å². The summed E-state index contributed by atoms with van der Waals surface area (Å²) in [5.74, 6) is 2.31. The molecule has 0 aromatic heterocycles. The van der Waals surface area contributed by atoms with E-state index in [0.29, 0.717) is 6.04 Å². The van der Waals surface area contributed by atoms with Crippen LogP contribution in [0.15, 0.2) is 30.3 Å². The Bertz CT molecular complexity index is 248. The molecule has 1 N–H and O–H groups in total. The molecule has 1 rings (SSSR count). The van der Waals surface area contributed by atoms with Gasteiger partial charge in [0.1, 0.15) is 0 Å². The summed E-state index contributed by atoms with van der Waals surface area (Å²) in [5, 5.41) is 3.50. The summed E-state index contributed by atoms with van der Waals surface area (Å²) in [6, 6.07) is 11.3. The van der Waals surface area contributed by atoms with Crippen molar-refractivity contribution in [3.05, 3.63) is 35.9 Å². The number of rotatable bonds is 7. The quantitative estimate of drug-likeness (QED) is 0.761. The summed E-state index contributed by atoms with van der Waals surface area (Å²) in [5.41, 5.74) is 1.42. The van der Waals surface area contributed by atoms with Gasteiger partial charge in [-0.25, -0.2) is 0 Å². The van der Waals surface area contributed by atoms with Gasteiger partial charge in [0.2, 0.25) is 0 Å². The first-order chi connectivity index (χ1) is 7.33. The molecule has 0 radical (unpaired) electrons. The normalized spacial score (nSPS) is 12.7. The van der Waals surface area contributed by atoms with Crippen molar-refractivity contribution in [1.82, 2.24) is 5.32 Å². The summed E-state index contributed by atoms with van der Waals surface area (Å²) in [6.07, 6.45) is 1.22. The Kier molecular flexibility index (Phi) is 6.53. The average Bonchev–Trinajstić information content (AvgIpc) is 2.28. The average molecular weight is 223 g/mol. The van der Waals surface area contributed by atoms with E-state index in [-0.39, 0.29) is 0 Å². The van der Waals surface area contributed by atoms with Gasteiger partial charge in [0.15, 0.2) is 0 Å². The molecule has 2 heteroatoms. The summed E-state index contributed by atoms with van der Waals surface area (Å²) in [7, 11) is 0. The molecule has 0 aliphatic rings. The zero-order valence-electron chi connectivity index (χ0n) is 9.70. The lowest BCUT2D eigenvalue weighted by molar-refractivity contribution is 0.590. The van der Waals surface area contributed by atoms with Crippen LogP contribution in [0, 0.1) is 0 Å². The van der Waals surface area contributed by atoms with Crippen LogP contribution in [-0.4, -0.2) is 18.3 Å². The third kappa shape index (κ3) is 5.85. The van der Waals surface area contributed by atoms with Gasteiger partial charge >= 0.3 is 0 Å². The van der Waals surface area contributed by atoms with E-state index in [1.54, 1.807) is 0 Å². The Morgan fingerprint density at radius 3 is 2.67 bits per heavy atom. The fourth-order valence-corrected chi connectivity index (χ4v) is 2.39. The molecule has 1 atom stereocenters. The monoisotopic (exact) mass is 223 g/mol. The molecule has 0 spiro atoms. The van der Waals surface area contributed by atoms with E-state index in [0.717, 1.165) is 12.3 Å². The molecule has 0 saturated carbocycles. The van der Waals surface area contributed by atoms with Crippen molar-refractivity contribution >= 4 is 11.8 Å². The molecule has 0 heterocycles. The SMILES string of the molecule is CCCNC(C)CSCc1ccccc1. The number of hydrogen-bond donors (Lipinski definition) is 1. The van der Waals surface area contributed by atoms with Crippen molar-refractivity contribution in [2.45, 2.75) is 32.1 Å². The van der Waals surface area contributed by atoms with Gasteiger partial charge in [-0.2, -0.15) is 11.8 Å². The van der Waals surface area contributed by atoms with Crippen LogP contribution in [0.4, 0.5) is 0 Å². The minimum Gasteiger partial charge on any atom is -0.313 e. The predicted octanol–water partition coefficient (Wildman–Crippen LogP) is 3.31. The van der Waals surface area contributed by atoms with E-state index in [2.05, 4.69) is 49.5 Å². The molecule has 15 heavy (non-hydrogen) atoms. The van der Waals surface area contributed by atoms with Crippen LogP contribution >= 0.6 is 11.8 Å². The molecule has 0 aliphatic heterocycles. The Morgan fingerprint density at radius 2 is 2.00 bits per heavy atom. The molecule has 0 amide bonds. The van der Waals surface area contributed by atoms with Gasteiger partial charge in [0.05, 0.1) is 0 Å². The summed E-state index contributed by atoms with van der Waals surface area (Å²) >= 11 is 2.00. The fourth-order valence-electron chi connectivity index (χ4n) is 1.38. The smallest absolute Gasteiger partial charge is 0.0185 e. The van der Waals surface area contributed by atoms with Crippen LogP contribution in [0.25, 0.3) is 0 Å². The molecule has 1 aromatic carbocycles. The van der Waals surface area contributed by atoms with Crippen LogP contribution in [0.3, 0.4) is 0 Å². The van der Waals surface area contributed by atoms with Crippen molar-refractivity contribution < 1.29 is 0 Å². The third-order valence-corrected chi connectivity index (χ3v) is 3.50. The zero-order valence-corrected chi connectivity index (χ0v) is 10.5. The first-order valence-electron chi connectivity index (χ1n) is 5.68. The highest BCUT2D eigenvalue weighted by molar-refractivity contribution is 7.98. The standard InChI is InChI=1S/C13H21NS/c1-3-9-14-12(2)10-15-11-13-7-5-4-6-8-13/h4-8,12,14H,3,9-11H2,1-2H3. The van der Waals surface area contributed by atoms with Gasteiger partial charge in [-0.1, -0.05) is 37.3 Å². The molecule has 0 saturated heterocycles. The van der Waals surface area contributed by atoms with E-state index in [1.807, 2.05) is 11.8 Å². The van der Waals surface area contributed by atoms with Crippen molar-refractivity contribution in [1.29, 1.82) is 0 Å². The summed E-state index contributed by atoms with van der Waals surface area (Å²) < 4.78 is 0. The Hall–Kier alpha value is -0.470. The fraction of sp³-hybridized carbons (Fsp3) is 0.538. The van der Waals surface area contributed by atoms with E-state index < -0.39 is 0 Å². The lowest BCUT2D eigenvalue weighted by Crippen LogP contribution is -2.28. The van der Waals surface area contributed by atoms with E-state index in [4.69, 9.17) is 0 Å². The van der Waals surface area contributed by atoms with Crippen LogP contribution in [-0.2, 0) is 5.75 Å². The molecule has 0 aliphatic carbocycles. The van der Waals surface area contributed by atoms with Gasteiger partial charge < -0.3 is 5.32 Å². The highest BCUT2D eigenvalue weighted by Gasteiger charge is 2.00. The summed E-state index contributed by atoms with van der Waals surface area (Å²) in [4.78, 5) is 0. The summed E-state index contributed by atoms with van der Waals surface area (Å²) in [6.45, 7) is 5.59. The lowest BCUT2D eigenvalue weighted by atomic mass is 10.2. The topological polar surface area (TPSA) is 12.0 Å². The Labute approximate surface area is 97.7 Å². The van der Waals surface area contributed by atoms with Gasteiger partial charge in [-0.15, -0.1) is 0 Å². The first-order valence-corrected chi connectivity index (χ1v) is 6.83. The molecular formula is C13H21NS. The van der Waals surface area contributed by atoms with E-state index in [1.165, 1.54) is 17.7 Å². The number of benzene rings is 1. The maximum atomic E-state index is 3.50. The van der Waals surface area contributed by atoms with Crippen LogP contribution in [0.2, 0.25) is 0 Å². The minimum atomic E-state index is 0.624. The second kappa shape index (κ2) is 7.77. The van der Waals surface area contributed by atoms with Crippen LogP contribution < -0.4 is 5.32 Å². The maximum absolute atomic E-state index is 3.50. The molecule has 1 aromatic rings. The highest BCUT2D eigenvalue weighted by atomic mass is 32.2. The van der Waals surface area contributed by atoms with Crippen molar-refractivity contribution in [3.8, 4) is 0 Å². The van der Waals surface area contributed by atoms with Crippen LogP contribution in [0.1, 0.15) is 25.8 Å². The largest absolute Gasteiger partial charge is 0.313 e. The van der Waals surface area contributed by atoms with Crippen LogP contribution in [0.5, 0.6) is 0 Å². The first kappa shape index (κ1) is 12.6. The maximum Gasteiger partial charge on any atom is 0.0185 e. The second-order valence-corrected chi connectivity index (χ2v) is 4.89. The molecular weight excluding hydrogens is 202 g/mol. The Balaban J connectivity index is 2.11.